The minimum Gasteiger partial charge on any atom is -0.459 e. The second-order valence-corrected chi connectivity index (χ2v) is 3.04. The molecule has 1 aliphatic carbocycles. The second kappa shape index (κ2) is 3.22. The van der Waals surface area contributed by atoms with Crippen LogP contribution in [0, 0.1) is 0 Å². The maximum absolute atomic E-state index is 10.1. The minimum absolute atomic E-state index is 0.443. The topological polar surface area (TPSA) is 46.5 Å². The monoisotopic (exact) mass is 158 g/mol. The fraction of sp³-hybridized carbons (Fsp3) is 0.875. The summed E-state index contributed by atoms with van der Waals surface area (Å²) in [5, 5.41) is 9.49. The number of aliphatic hydroxyl groups excluding tert-OH is 1. The molecular weight excluding hydrogens is 144 g/mol. The van der Waals surface area contributed by atoms with Gasteiger partial charge in [-0.1, -0.05) is 6.92 Å². The molecule has 2 unspecified atom stereocenters. The molecule has 0 heterocycles. The Morgan fingerprint density at radius 3 is 2.91 bits per heavy atom. The number of carbonyl (C=O) groups is 1. The van der Waals surface area contributed by atoms with Crippen LogP contribution in [-0.4, -0.2) is 23.3 Å². The SMILES string of the molecule is CCC1(OC=O)CCCC1O. The van der Waals surface area contributed by atoms with Crippen LogP contribution in [-0.2, 0) is 9.53 Å². The van der Waals surface area contributed by atoms with Crippen molar-refractivity contribution in [3.8, 4) is 0 Å². The van der Waals surface area contributed by atoms with Crippen LogP contribution in [0.25, 0.3) is 0 Å². The van der Waals surface area contributed by atoms with E-state index < -0.39 is 11.7 Å². The van der Waals surface area contributed by atoms with Gasteiger partial charge in [0.1, 0.15) is 5.60 Å². The van der Waals surface area contributed by atoms with Crippen molar-refractivity contribution < 1.29 is 14.6 Å². The van der Waals surface area contributed by atoms with Gasteiger partial charge in [0.05, 0.1) is 6.10 Å². The van der Waals surface area contributed by atoms with Crippen LogP contribution in [0.2, 0.25) is 0 Å². The third kappa shape index (κ3) is 1.38. The van der Waals surface area contributed by atoms with Crippen molar-refractivity contribution in [3.05, 3.63) is 0 Å². The molecular formula is C8H14O3. The zero-order chi connectivity index (χ0) is 8.32. The molecule has 0 aliphatic heterocycles. The first-order valence-corrected chi connectivity index (χ1v) is 4.04. The van der Waals surface area contributed by atoms with Crippen molar-refractivity contribution in [1.82, 2.24) is 0 Å². The molecule has 0 bridgehead atoms. The fourth-order valence-corrected chi connectivity index (χ4v) is 1.75. The van der Waals surface area contributed by atoms with Gasteiger partial charge in [-0.25, -0.2) is 0 Å². The summed E-state index contributed by atoms with van der Waals surface area (Å²) in [6, 6.07) is 0. The highest BCUT2D eigenvalue weighted by atomic mass is 16.6. The molecule has 0 amide bonds. The zero-order valence-electron chi connectivity index (χ0n) is 6.75. The second-order valence-electron chi connectivity index (χ2n) is 3.04. The third-order valence-electron chi connectivity index (χ3n) is 2.57. The molecule has 0 aromatic rings. The molecule has 0 aromatic heterocycles. The molecule has 1 saturated carbocycles. The van der Waals surface area contributed by atoms with Crippen molar-refractivity contribution in [3.63, 3.8) is 0 Å². The maximum atomic E-state index is 10.1. The Balaban J connectivity index is 2.64. The predicted octanol–water partition coefficient (Wildman–Crippen LogP) is 0.853. The van der Waals surface area contributed by atoms with E-state index in [1.807, 2.05) is 6.92 Å². The van der Waals surface area contributed by atoms with E-state index in [2.05, 4.69) is 0 Å². The third-order valence-corrected chi connectivity index (χ3v) is 2.57. The molecule has 0 aromatic carbocycles. The van der Waals surface area contributed by atoms with Crippen molar-refractivity contribution >= 4 is 6.47 Å². The first-order chi connectivity index (χ1) is 5.25. The number of carbonyl (C=O) groups excluding carboxylic acids is 1. The molecule has 64 valence electrons. The maximum Gasteiger partial charge on any atom is 0.293 e. The Morgan fingerprint density at radius 1 is 1.82 bits per heavy atom. The number of hydrogen-bond donors (Lipinski definition) is 1. The highest BCUT2D eigenvalue weighted by Crippen LogP contribution is 2.35. The van der Waals surface area contributed by atoms with Gasteiger partial charge in [0.15, 0.2) is 0 Å². The molecule has 2 atom stereocenters. The summed E-state index contributed by atoms with van der Waals surface area (Å²) in [5.74, 6) is 0. The van der Waals surface area contributed by atoms with Crippen molar-refractivity contribution in [2.75, 3.05) is 0 Å². The summed E-state index contributed by atoms with van der Waals surface area (Å²) in [6.07, 6.45) is 2.73. The molecule has 1 rings (SSSR count). The minimum atomic E-state index is -0.568. The molecule has 0 spiro atoms. The van der Waals surface area contributed by atoms with Crippen LogP contribution in [0.4, 0.5) is 0 Å². The Hall–Kier alpha value is -0.570. The Morgan fingerprint density at radius 2 is 2.55 bits per heavy atom. The fourth-order valence-electron chi connectivity index (χ4n) is 1.75. The van der Waals surface area contributed by atoms with E-state index in [0.29, 0.717) is 12.9 Å². The van der Waals surface area contributed by atoms with Gasteiger partial charge in [-0.3, -0.25) is 4.79 Å². The number of aliphatic hydroxyl groups is 1. The average Bonchev–Trinajstić information content (AvgIpc) is 2.35. The number of ether oxygens (including phenoxy) is 1. The Bertz CT molecular complexity index is 146. The lowest BCUT2D eigenvalue weighted by Crippen LogP contribution is -2.39. The summed E-state index contributed by atoms with van der Waals surface area (Å²) >= 11 is 0. The van der Waals surface area contributed by atoms with Crippen LogP contribution >= 0.6 is 0 Å². The number of rotatable bonds is 3. The Kier molecular flexibility index (Phi) is 2.49. The van der Waals surface area contributed by atoms with Crippen LogP contribution < -0.4 is 0 Å². The van der Waals surface area contributed by atoms with E-state index in [4.69, 9.17) is 4.74 Å². The predicted molar refractivity (Wildman–Crippen MR) is 40.0 cm³/mol. The molecule has 1 fully saturated rings. The van der Waals surface area contributed by atoms with Crippen LogP contribution in [0.15, 0.2) is 0 Å². The van der Waals surface area contributed by atoms with Gasteiger partial charge in [-0.15, -0.1) is 0 Å². The van der Waals surface area contributed by atoms with Crippen LogP contribution in [0.1, 0.15) is 32.6 Å². The van der Waals surface area contributed by atoms with Crippen molar-refractivity contribution in [2.45, 2.75) is 44.3 Å². The number of hydrogen-bond acceptors (Lipinski definition) is 3. The highest BCUT2D eigenvalue weighted by Gasteiger charge is 2.42. The first-order valence-electron chi connectivity index (χ1n) is 4.04. The lowest BCUT2D eigenvalue weighted by molar-refractivity contribution is -0.154. The molecule has 1 N–H and O–H groups in total. The van der Waals surface area contributed by atoms with E-state index in [1.54, 1.807) is 0 Å². The lowest BCUT2D eigenvalue weighted by Gasteiger charge is -2.29. The molecule has 3 nitrogen and oxygen atoms in total. The first kappa shape index (κ1) is 8.53. The smallest absolute Gasteiger partial charge is 0.293 e. The molecule has 1 aliphatic rings. The van der Waals surface area contributed by atoms with Crippen molar-refractivity contribution in [1.29, 1.82) is 0 Å². The Labute approximate surface area is 66.4 Å². The average molecular weight is 158 g/mol. The van der Waals surface area contributed by atoms with Crippen molar-refractivity contribution in [2.24, 2.45) is 0 Å². The largest absolute Gasteiger partial charge is 0.459 e. The van der Waals surface area contributed by atoms with Gasteiger partial charge < -0.3 is 9.84 Å². The quantitative estimate of drug-likeness (QED) is 0.619. The molecule has 0 saturated heterocycles. The highest BCUT2D eigenvalue weighted by molar-refractivity contribution is 5.38. The van der Waals surface area contributed by atoms with Gasteiger partial charge in [-0.05, 0) is 25.7 Å². The van der Waals surface area contributed by atoms with E-state index >= 15 is 0 Å². The van der Waals surface area contributed by atoms with Gasteiger partial charge in [0.25, 0.3) is 6.47 Å². The summed E-state index contributed by atoms with van der Waals surface area (Å²) in [5.41, 5.74) is -0.568. The van der Waals surface area contributed by atoms with E-state index in [9.17, 15) is 9.90 Å². The van der Waals surface area contributed by atoms with E-state index in [1.165, 1.54) is 0 Å². The van der Waals surface area contributed by atoms with Gasteiger partial charge in [0.2, 0.25) is 0 Å². The van der Waals surface area contributed by atoms with E-state index in [-0.39, 0.29) is 0 Å². The zero-order valence-corrected chi connectivity index (χ0v) is 6.75. The van der Waals surface area contributed by atoms with Crippen LogP contribution in [0.5, 0.6) is 0 Å². The van der Waals surface area contributed by atoms with Crippen LogP contribution in [0.3, 0.4) is 0 Å². The van der Waals surface area contributed by atoms with E-state index in [0.717, 1.165) is 19.3 Å². The van der Waals surface area contributed by atoms with Gasteiger partial charge >= 0.3 is 0 Å². The normalized spacial score (nSPS) is 37.1. The lowest BCUT2D eigenvalue weighted by atomic mass is 9.96. The summed E-state index contributed by atoms with van der Waals surface area (Å²) in [6.45, 7) is 2.37. The summed E-state index contributed by atoms with van der Waals surface area (Å²) < 4.78 is 4.92. The summed E-state index contributed by atoms with van der Waals surface area (Å²) in [7, 11) is 0. The van der Waals surface area contributed by atoms with Gasteiger partial charge in [-0.2, -0.15) is 0 Å². The van der Waals surface area contributed by atoms with Gasteiger partial charge in [0, 0.05) is 0 Å². The standard InChI is InChI=1S/C8H14O3/c1-2-8(11-6-9)5-3-4-7(8)10/h6-7,10H,2-5H2,1H3. The molecule has 11 heavy (non-hydrogen) atoms. The molecule has 0 radical (unpaired) electrons. The summed E-state index contributed by atoms with van der Waals surface area (Å²) in [4.78, 5) is 10.1. The molecule has 3 heteroatoms.